The Labute approximate surface area is 157 Å². The summed E-state index contributed by atoms with van der Waals surface area (Å²) in [5.74, 6) is -0.532. The van der Waals surface area contributed by atoms with Crippen molar-refractivity contribution in [3.05, 3.63) is 65.6 Å². The Kier molecular flexibility index (Phi) is 5.26. The normalized spacial score (nSPS) is 14.3. The van der Waals surface area contributed by atoms with Crippen molar-refractivity contribution in [2.24, 2.45) is 5.92 Å². The lowest BCUT2D eigenvalue weighted by atomic mass is 10.0. The van der Waals surface area contributed by atoms with Crippen LogP contribution < -0.4 is 10.1 Å². The summed E-state index contributed by atoms with van der Waals surface area (Å²) in [6, 6.07) is 12.7. The molecule has 0 atom stereocenters. The Morgan fingerprint density at radius 2 is 1.70 bits per heavy atom. The first-order chi connectivity index (χ1) is 12.9. The number of carbonyl (C=O) groups is 2. The van der Waals surface area contributed by atoms with E-state index in [4.69, 9.17) is 4.74 Å². The first-order valence-corrected chi connectivity index (χ1v) is 8.68. The van der Waals surface area contributed by atoms with Gasteiger partial charge in [-0.1, -0.05) is 38.1 Å². The molecular weight excluding hydrogens is 347 g/mol. The van der Waals surface area contributed by atoms with E-state index in [9.17, 15) is 14.0 Å². The number of hydrogen-bond acceptors (Lipinski definition) is 4. The largest absolute Gasteiger partial charge is 0.495 e. The molecular formula is C21H21FN2O3. The van der Waals surface area contributed by atoms with E-state index in [0.717, 1.165) is 0 Å². The van der Waals surface area contributed by atoms with Crippen molar-refractivity contribution in [3.8, 4) is 5.75 Å². The lowest BCUT2D eigenvalue weighted by molar-refractivity contribution is -0.137. The Morgan fingerprint density at radius 3 is 2.33 bits per heavy atom. The zero-order chi connectivity index (χ0) is 19.6. The summed E-state index contributed by atoms with van der Waals surface area (Å²) in [7, 11) is 1.53. The number of hydrogen-bond donors (Lipinski definition) is 1. The smallest absolute Gasteiger partial charge is 0.278 e. The van der Waals surface area contributed by atoms with Crippen LogP contribution in [0.4, 0.5) is 10.1 Å². The molecule has 0 saturated heterocycles. The van der Waals surface area contributed by atoms with Gasteiger partial charge in [0.05, 0.1) is 18.4 Å². The monoisotopic (exact) mass is 368 g/mol. The molecule has 0 aliphatic carbocycles. The van der Waals surface area contributed by atoms with Crippen LogP contribution in [0.2, 0.25) is 0 Å². The van der Waals surface area contributed by atoms with Crippen molar-refractivity contribution in [1.82, 2.24) is 4.90 Å². The third-order valence-electron chi connectivity index (χ3n) is 4.22. The van der Waals surface area contributed by atoms with Gasteiger partial charge in [-0.2, -0.15) is 0 Å². The van der Waals surface area contributed by atoms with Crippen LogP contribution in [-0.4, -0.2) is 30.4 Å². The highest BCUT2D eigenvalue weighted by Crippen LogP contribution is 2.33. The van der Waals surface area contributed by atoms with E-state index >= 15 is 0 Å². The second-order valence-electron chi connectivity index (χ2n) is 6.70. The molecule has 2 aromatic carbocycles. The van der Waals surface area contributed by atoms with E-state index in [1.807, 2.05) is 19.9 Å². The summed E-state index contributed by atoms with van der Waals surface area (Å²) in [5.41, 5.74) is 1.45. The Balaban J connectivity index is 2.09. The molecule has 0 fully saturated rings. The molecule has 1 heterocycles. The van der Waals surface area contributed by atoms with Gasteiger partial charge in [0.25, 0.3) is 11.8 Å². The first kappa shape index (κ1) is 18.6. The fraction of sp³-hybridized carbons (Fsp3) is 0.238. The SMILES string of the molecule is COc1ccccc1NC1=C(c2ccc(F)cc2)C(=O)N(CC(C)C)C1=O. The van der Waals surface area contributed by atoms with Gasteiger partial charge in [0.1, 0.15) is 17.3 Å². The molecule has 0 radical (unpaired) electrons. The molecule has 2 aromatic rings. The van der Waals surface area contributed by atoms with Gasteiger partial charge < -0.3 is 10.1 Å². The summed E-state index contributed by atoms with van der Waals surface area (Å²) in [5, 5.41) is 3.06. The summed E-state index contributed by atoms with van der Waals surface area (Å²) in [6.45, 7) is 4.17. The summed E-state index contributed by atoms with van der Waals surface area (Å²) >= 11 is 0. The summed E-state index contributed by atoms with van der Waals surface area (Å²) in [4.78, 5) is 27.2. The highest BCUT2D eigenvalue weighted by Gasteiger charge is 2.39. The zero-order valence-corrected chi connectivity index (χ0v) is 15.5. The van der Waals surface area contributed by atoms with Crippen LogP contribution in [0.15, 0.2) is 54.2 Å². The van der Waals surface area contributed by atoms with E-state index in [1.165, 1.54) is 36.3 Å². The van der Waals surface area contributed by atoms with Crippen LogP contribution in [0.25, 0.3) is 5.57 Å². The van der Waals surface area contributed by atoms with Crippen molar-refractivity contribution in [2.75, 3.05) is 19.0 Å². The molecule has 6 heteroatoms. The molecule has 0 unspecified atom stereocenters. The number of imide groups is 1. The fourth-order valence-corrected chi connectivity index (χ4v) is 2.99. The predicted molar refractivity (Wildman–Crippen MR) is 101 cm³/mol. The fourth-order valence-electron chi connectivity index (χ4n) is 2.99. The quantitative estimate of drug-likeness (QED) is 0.790. The number of carbonyl (C=O) groups excluding carboxylic acids is 2. The second kappa shape index (κ2) is 7.61. The molecule has 2 amide bonds. The van der Waals surface area contributed by atoms with Gasteiger partial charge in [0.2, 0.25) is 0 Å². The van der Waals surface area contributed by atoms with Gasteiger partial charge in [0.15, 0.2) is 0 Å². The highest BCUT2D eigenvalue weighted by atomic mass is 19.1. The molecule has 5 nitrogen and oxygen atoms in total. The average Bonchev–Trinajstić information content (AvgIpc) is 2.87. The van der Waals surface area contributed by atoms with Gasteiger partial charge >= 0.3 is 0 Å². The van der Waals surface area contributed by atoms with E-state index < -0.39 is 17.6 Å². The Hall–Kier alpha value is -3.15. The maximum atomic E-state index is 13.3. The molecule has 0 bridgehead atoms. The maximum Gasteiger partial charge on any atom is 0.278 e. The minimum atomic E-state index is -0.408. The second-order valence-corrected chi connectivity index (χ2v) is 6.70. The highest BCUT2D eigenvalue weighted by molar-refractivity contribution is 6.36. The molecule has 0 aromatic heterocycles. The van der Waals surface area contributed by atoms with Crippen molar-refractivity contribution in [1.29, 1.82) is 0 Å². The number of benzene rings is 2. The van der Waals surface area contributed by atoms with Gasteiger partial charge in [-0.15, -0.1) is 0 Å². The van der Waals surface area contributed by atoms with Crippen LogP contribution in [-0.2, 0) is 9.59 Å². The molecule has 27 heavy (non-hydrogen) atoms. The topological polar surface area (TPSA) is 58.6 Å². The molecule has 1 aliphatic rings. The standard InChI is InChI=1S/C21H21FN2O3/c1-13(2)12-24-20(25)18(14-8-10-15(22)11-9-14)19(21(24)26)23-16-6-4-5-7-17(16)27-3/h4-11,13,23H,12H2,1-3H3. The molecule has 0 saturated carbocycles. The summed E-state index contributed by atoms with van der Waals surface area (Å²) in [6.07, 6.45) is 0. The lowest BCUT2D eigenvalue weighted by Crippen LogP contribution is -2.35. The maximum absolute atomic E-state index is 13.3. The van der Waals surface area contributed by atoms with Crippen LogP contribution in [0, 0.1) is 11.7 Å². The first-order valence-electron chi connectivity index (χ1n) is 8.68. The van der Waals surface area contributed by atoms with Crippen molar-refractivity contribution >= 4 is 23.1 Å². The predicted octanol–water partition coefficient (Wildman–Crippen LogP) is 3.68. The van der Waals surface area contributed by atoms with E-state index in [1.54, 1.807) is 18.2 Å². The number of ether oxygens (including phenoxy) is 1. The number of nitrogens with one attached hydrogen (secondary N) is 1. The van der Waals surface area contributed by atoms with Gasteiger partial charge in [0, 0.05) is 6.54 Å². The lowest BCUT2D eigenvalue weighted by Gasteiger charge is -2.17. The Bertz CT molecular complexity index is 904. The third kappa shape index (κ3) is 3.69. The minimum Gasteiger partial charge on any atom is -0.495 e. The van der Waals surface area contributed by atoms with Crippen LogP contribution in [0.1, 0.15) is 19.4 Å². The number of rotatable bonds is 6. The number of methoxy groups -OCH3 is 1. The number of halogens is 1. The minimum absolute atomic E-state index is 0.123. The molecule has 1 aliphatic heterocycles. The van der Waals surface area contributed by atoms with Gasteiger partial charge in [-0.05, 0) is 35.7 Å². The van der Waals surface area contributed by atoms with Gasteiger partial charge in [-0.3, -0.25) is 14.5 Å². The molecule has 0 spiro atoms. The number of anilines is 1. The van der Waals surface area contributed by atoms with Crippen LogP contribution in [0.5, 0.6) is 5.75 Å². The van der Waals surface area contributed by atoms with Crippen LogP contribution >= 0.6 is 0 Å². The number of amides is 2. The third-order valence-corrected chi connectivity index (χ3v) is 4.22. The molecule has 140 valence electrons. The Morgan fingerprint density at radius 1 is 1.04 bits per heavy atom. The molecule has 1 N–H and O–H groups in total. The van der Waals surface area contributed by atoms with Crippen molar-refractivity contribution in [2.45, 2.75) is 13.8 Å². The van der Waals surface area contributed by atoms with Crippen molar-refractivity contribution < 1.29 is 18.7 Å². The van der Waals surface area contributed by atoms with Gasteiger partial charge in [-0.25, -0.2) is 4.39 Å². The van der Waals surface area contributed by atoms with Crippen LogP contribution in [0.3, 0.4) is 0 Å². The number of nitrogens with zero attached hydrogens (tertiary/aromatic N) is 1. The average molecular weight is 368 g/mol. The summed E-state index contributed by atoms with van der Waals surface area (Å²) < 4.78 is 18.6. The van der Waals surface area contributed by atoms with E-state index in [-0.39, 0.29) is 17.2 Å². The van der Waals surface area contributed by atoms with E-state index in [2.05, 4.69) is 5.32 Å². The van der Waals surface area contributed by atoms with E-state index in [0.29, 0.717) is 23.5 Å². The van der Waals surface area contributed by atoms with Crippen molar-refractivity contribution in [3.63, 3.8) is 0 Å². The molecule has 3 rings (SSSR count). The number of para-hydroxylation sites is 2. The zero-order valence-electron chi connectivity index (χ0n) is 15.5.